The van der Waals surface area contributed by atoms with Gasteiger partial charge in [0.05, 0.1) is 6.04 Å². The Morgan fingerprint density at radius 3 is 2.83 bits per heavy atom. The van der Waals surface area contributed by atoms with Crippen molar-refractivity contribution in [2.24, 2.45) is 0 Å². The zero-order chi connectivity index (χ0) is 13.1. The highest BCUT2D eigenvalue weighted by atomic mass is 16.7. The molecule has 0 spiro atoms. The van der Waals surface area contributed by atoms with Gasteiger partial charge in [-0.3, -0.25) is 9.69 Å². The van der Waals surface area contributed by atoms with Crippen LogP contribution in [0.15, 0.2) is 18.2 Å². The summed E-state index contributed by atoms with van der Waals surface area (Å²) in [5.41, 5.74) is 0.676. The lowest BCUT2D eigenvalue weighted by Gasteiger charge is -2.22. The van der Waals surface area contributed by atoms with E-state index in [9.17, 15) is 4.79 Å². The summed E-state index contributed by atoms with van der Waals surface area (Å²) < 4.78 is 10.5. The number of ketones is 1. The first-order valence-corrected chi connectivity index (χ1v) is 6.27. The summed E-state index contributed by atoms with van der Waals surface area (Å²) in [7, 11) is 1.97. The second-order valence-electron chi connectivity index (χ2n) is 4.59. The molecule has 0 aromatic heterocycles. The van der Waals surface area contributed by atoms with Crippen LogP contribution in [0.1, 0.15) is 30.6 Å². The molecule has 1 aromatic carbocycles. The minimum absolute atomic E-state index is 0.115. The molecule has 0 bridgehead atoms. The van der Waals surface area contributed by atoms with Crippen LogP contribution in [-0.2, 0) is 0 Å². The van der Waals surface area contributed by atoms with Gasteiger partial charge in [-0.05, 0) is 45.1 Å². The number of carbonyl (C=O) groups excluding carboxylic acids is 1. The van der Waals surface area contributed by atoms with Crippen LogP contribution in [-0.4, -0.2) is 37.1 Å². The van der Waals surface area contributed by atoms with E-state index in [1.54, 1.807) is 18.2 Å². The van der Waals surface area contributed by atoms with Crippen LogP contribution in [0.4, 0.5) is 0 Å². The largest absolute Gasteiger partial charge is 0.454 e. The van der Waals surface area contributed by atoms with Crippen molar-refractivity contribution < 1.29 is 14.3 Å². The topological polar surface area (TPSA) is 38.8 Å². The van der Waals surface area contributed by atoms with E-state index in [0.29, 0.717) is 17.1 Å². The highest BCUT2D eigenvalue weighted by molar-refractivity contribution is 6.00. The Labute approximate surface area is 107 Å². The first-order chi connectivity index (χ1) is 8.63. The Kier molecular flexibility index (Phi) is 3.87. The molecule has 1 unspecified atom stereocenters. The number of rotatable bonds is 5. The van der Waals surface area contributed by atoms with Gasteiger partial charge in [0.1, 0.15) is 0 Å². The third kappa shape index (κ3) is 2.48. The molecule has 0 saturated carbocycles. The summed E-state index contributed by atoms with van der Waals surface area (Å²) in [4.78, 5) is 14.4. The minimum Gasteiger partial charge on any atom is -0.454 e. The molecular weight excluding hydrogens is 230 g/mol. The number of benzene rings is 1. The normalized spacial score (nSPS) is 14.9. The Hall–Kier alpha value is -1.55. The summed E-state index contributed by atoms with van der Waals surface area (Å²) in [5, 5.41) is 0. The van der Waals surface area contributed by atoms with Crippen LogP contribution in [0.5, 0.6) is 11.5 Å². The molecule has 18 heavy (non-hydrogen) atoms. The van der Waals surface area contributed by atoms with E-state index in [-0.39, 0.29) is 18.6 Å². The van der Waals surface area contributed by atoms with E-state index in [4.69, 9.17) is 9.47 Å². The van der Waals surface area contributed by atoms with Crippen LogP contribution in [0.2, 0.25) is 0 Å². The van der Waals surface area contributed by atoms with Gasteiger partial charge in [0.15, 0.2) is 17.3 Å². The maximum absolute atomic E-state index is 12.3. The number of carbonyl (C=O) groups is 1. The van der Waals surface area contributed by atoms with Crippen molar-refractivity contribution in [2.75, 3.05) is 20.4 Å². The third-order valence-electron chi connectivity index (χ3n) is 3.27. The van der Waals surface area contributed by atoms with Crippen LogP contribution in [0.3, 0.4) is 0 Å². The van der Waals surface area contributed by atoms with Gasteiger partial charge in [0.2, 0.25) is 6.79 Å². The molecule has 1 aliphatic rings. The molecule has 0 saturated heterocycles. The van der Waals surface area contributed by atoms with Crippen molar-refractivity contribution in [2.45, 2.75) is 26.3 Å². The molecule has 98 valence electrons. The summed E-state index contributed by atoms with van der Waals surface area (Å²) in [5.74, 6) is 1.48. The van der Waals surface area contributed by atoms with Gasteiger partial charge in [-0.1, -0.05) is 6.92 Å². The summed E-state index contributed by atoms with van der Waals surface area (Å²) in [6.07, 6.45) is 1.04. The second-order valence-corrected chi connectivity index (χ2v) is 4.59. The van der Waals surface area contributed by atoms with Crippen molar-refractivity contribution in [3.05, 3.63) is 23.8 Å². The van der Waals surface area contributed by atoms with E-state index >= 15 is 0 Å². The van der Waals surface area contributed by atoms with Crippen molar-refractivity contribution >= 4 is 5.78 Å². The van der Waals surface area contributed by atoms with Crippen LogP contribution in [0.25, 0.3) is 0 Å². The molecule has 0 amide bonds. The Morgan fingerprint density at radius 1 is 1.39 bits per heavy atom. The number of likely N-dealkylation sites (N-methyl/N-ethyl adjacent to an activating group) is 1. The van der Waals surface area contributed by atoms with Gasteiger partial charge >= 0.3 is 0 Å². The Balaban J connectivity index is 2.13. The fourth-order valence-electron chi connectivity index (χ4n) is 2.04. The Morgan fingerprint density at radius 2 is 2.11 bits per heavy atom. The molecule has 1 heterocycles. The lowest BCUT2D eigenvalue weighted by atomic mass is 10.0. The van der Waals surface area contributed by atoms with Crippen LogP contribution >= 0.6 is 0 Å². The van der Waals surface area contributed by atoms with E-state index in [0.717, 1.165) is 13.0 Å². The van der Waals surface area contributed by atoms with E-state index < -0.39 is 0 Å². The lowest BCUT2D eigenvalue weighted by Crippen LogP contribution is -2.36. The Bertz CT molecular complexity index is 445. The smallest absolute Gasteiger partial charge is 0.231 e. The standard InChI is InChI=1S/C14H19NO3/c1-4-7-15(3)10(2)14(16)11-5-6-12-13(8-11)18-9-17-12/h5-6,8,10H,4,7,9H2,1-3H3. The lowest BCUT2D eigenvalue weighted by molar-refractivity contribution is 0.0868. The van der Waals surface area contributed by atoms with E-state index in [1.165, 1.54) is 0 Å². The zero-order valence-corrected chi connectivity index (χ0v) is 11.1. The molecule has 0 fully saturated rings. The van der Waals surface area contributed by atoms with Gasteiger partial charge in [0, 0.05) is 5.56 Å². The van der Waals surface area contributed by atoms with Gasteiger partial charge < -0.3 is 9.47 Å². The van der Waals surface area contributed by atoms with Gasteiger partial charge in [-0.15, -0.1) is 0 Å². The minimum atomic E-state index is -0.120. The number of ether oxygens (including phenoxy) is 2. The quantitative estimate of drug-likeness (QED) is 0.751. The molecule has 1 aromatic rings. The first-order valence-electron chi connectivity index (χ1n) is 6.27. The molecule has 0 aliphatic carbocycles. The van der Waals surface area contributed by atoms with Crippen LogP contribution < -0.4 is 9.47 Å². The number of hydrogen-bond acceptors (Lipinski definition) is 4. The first kappa shape index (κ1) is 12.9. The van der Waals surface area contributed by atoms with Crippen molar-refractivity contribution in [1.82, 2.24) is 4.90 Å². The average molecular weight is 249 g/mol. The molecule has 1 aliphatic heterocycles. The SMILES string of the molecule is CCCN(C)C(C)C(=O)c1ccc2c(c1)OCO2. The molecule has 0 radical (unpaired) electrons. The van der Waals surface area contributed by atoms with Gasteiger partial charge in [-0.25, -0.2) is 0 Å². The van der Waals surface area contributed by atoms with Crippen molar-refractivity contribution in [3.63, 3.8) is 0 Å². The third-order valence-corrected chi connectivity index (χ3v) is 3.27. The number of nitrogens with zero attached hydrogens (tertiary/aromatic N) is 1. The predicted octanol–water partition coefficient (Wildman–Crippen LogP) is 2.33. The molecular formula is C14H19NO3. The molecule has 4 nitrogen and oxygen atoms in total. The fourth-order valence-corrected chi connectivity index (χ4v) is 2.04. The monoisotopic (exact) mass is 249 g/mol. The zero-order valence-electron chi connectivity index (χ0n) is 11.1. The second kappa shape index (κ2) is 5.40. The highest BCUT2D eigenvalue weighted by Crippen LogP contribution is 2.32. The van der Waals surface area contributed by atoms with Gasteiger partial charge in [0.25, 0.3) is 0 Å². The average Bonchev–Trinajstić information content (AvgIpc) is 2.84. The predicted molar refractivity (Wildman–Crippen MR) is 69.3 cm³/mol. The van der Waals surface area contributed by atoms with E-state index in [2.05, 4.69) is 11.8 Å². The van der Waals surface area contributed by atoms with Crippen LogP contribution in [0, 0.1) is 0 Å². The number of Topliss-reactive ketones (excluding diaryl/α,β-unsaturated/α-hetero) is 1. The molecule has 0 N–H and O–H groups in total. The number of fused-ring (bicyclic) bond motifs is 1. The molecule has 4 heteroatoms. The van der Waals surface area contributed by atoms with Crippen molar-refractivity contribution in [1.29, 1.82) is 0 Å². The van der Waals surface area contributed by atoms with Crippen molar-refractivity contribution in [3.8, 4) is 11.5 Å². The highest BCUT2D eigenvalue weighted by Gasteiger charge is 2.22. The maximum atomic E-state index is 12.3. The molecule has 2 rings (SSSR count). The summed E-state index contributed by atoms with van der Waals surface area (Å²) >= 11 is 0. The van der Waals surface area contributed by atoms with Gasteiger partial charge in [-0.2, -0.15) is 0 Å². The van der Waals surface area contributed by atoms with E-state index in [1.807, 2.05) is 14.0 Å². The number of hydrogen-bond donors (Lipinski definition) is 0. The fraction of sp³-hybridized carbons (Fsp3) is 0.500. The maximum Gasteiger partial charge on any atom is 0.231 e. The molecule has 1 atom stereocenters. The summed E-state index contributed by atoms with van der Waals surface area (Å²) in [6.45, 7) is 5.19. The summed E-state index contributed by atoms with van der Waals surface area (Å²) in [6, 6.07) is 5.24.